The highest BCUT2D eigenvalue weighted by Gasteiger charge is 2.49. The van der Waals surface area contributed by atoms with E-state index in [9.17, 15) is 4.79 Å². The summed E-state index contributed by atoms with van der Waals surface area (Å²) in [4.78, 5) is 11.8. The van der Waals surface area contributed by atoms with Crippen molar-refractivity contribution >= 4 is 5.78 Å². The van der Waals surface area contributed by atoms with Crippen molar-refractivity contribution in [2.45, 2.75) is 51.0 Å². The third kappa shape index (κ3) is 1.32. The van der Waals surface area contributed by atoms with Crippen LogP contribution < -0.4 is 0 Å². The van der Waals surface area contributed by atoms with Gasteiger partial charge in [-0.1, -0.05) is 12.8 Å². The Morgan fingerprint density at radius 2 is 2.08 bits per heavy atom. The first-order valence-electron chi connectivity index (χ1n) is 5.36. The predicted molar refractivity (Wildman–Crippen MR) is 50.6 cm³/mol. The molecule has 2 nitrogen and oxygen atoms in total. The van der Waals surface area contributed by atoms with Gasteiger partial charge in [0.05, 0.1) is 11.5 Å². The Bertz CT molecular complexity index is 212. The maximum absolute atomic E-state index is 11.8. The van der Waals surface area contributed by atoms with Crippen molar-refractivity contribution in [3.05, 3.63) is 0 Å². The van der Waals surface area contributed by atoms with Gasteiger partial charge in [0.1, 0.15) is 5.78 Å². The van der Waals surface area contributed by atoms with Crippen LogP contribution >= 0.6 is 0 Å². The van der Waals surface area contributed by atoms with E-state index in [1.165, 1.54) is 12.8 Å². The van der Waals surface area contributed by atoms with Crippen molar-refractivity contribution in [2.24, 2.45) is 5.41 Å². The Morgan fingerprint density at radius 3 is 2.69 bits per heavy atom. The molecule has 0 saturated heterocycles. The first-order chi connectivity index (χ1) is 6.29. The van der Waals surface area contributed by atoms with E-state index in [0.29, 0.717) is 5.78 Å². The highest BCUT2D eigenvalue weighted by molar-refractivity contribution is 5.87. The zero-order chi connectivity index (χ0) is 9.31. The molecule has 2 saturated carbocycles. The van der Waals surface area contributed by atoms with Crippen LogP contribution in [0.2, 0.25) is 0 Å². The SMILES string of the molecule is CO[C@H]1CCCC[C@@]12CCCC2=O. The summed E-state index contributed by atoms with van der Waals surface area (Å²) in [7, 11) is 1.75. The second kappa shape index (κ2) is 3.41. The lowest BCUT2D eigenvalue weighted by atomic mass is 9.70. The maximum atomic E-state index is 11.8. The average Bonchev–Trinajstić information content (AvgIpc) is 2.50. The second-order valence-electron chi connectivity index (χ2n) is 4.40. The van der Waals surface area contributed by atoms with Crippen LogP contribution in [0.5, 0.6) is 0 Å². The van der Waals surface area contributed by atoms with Crippen LogP contribution in [0.3, 0.4) is 0 Å². The molecule has 0 amide bonds. The molecule has 0 aliphatic heterocycles. The van der Waals surface area contributed by atoms with Crippen molar-refractivity contribution in [2.75, 3.05) is 7.11 Å². The van der Waals surface area contributed by atoms with Crippen molar-refractivity contribution < 1.29 is 9.53 Å². The number of hydrogen-bond donors (Lipinski definition) is 0. The molecule has 13 heavy (non-hydrogen) atoms. The minimum atomic E-state index is -0.0625. The van der Waals surface area contributed by atoms with Crippen LogP contribution in [-0.4, -0.2) is 19.0 Å². The van der Waals surface area contributed by atoms with E-state index in [2.05, 4.69) is 0 Å². The fourth-order valence-corrected chi connectivity index (χ4v) is 3.11. The zero-order valence-corrected chi connectivity index (χ0v) is 8.34. The largest absolute Gasteiger partial charge is 0.380 e. The molecule has 0 N–H and O–H groups in total. The van der Waals surface area contributed by atoms with Crippen molar-refractivity contribution in [3.8, 4) is 0 Å². The fourth-order valence-electron chi connectivity index (χ4n) is 3.11. The molecule has 2 atom stereocenters. The number of Topliss-reactive ketones (excluding diaryl/α,β-unsaturated/α-hetero) is 1. The molecule has 2 rings (SSSR count). The number of ketones is 1. The Hall–Kier alpha value is -0.370. The molecule has 2 heteroatoms. The summed E-state index contributed by atoms with van der Waals surface area (Å²) in [6, 6.07) is 0. The van der Waals surface area contributed by atoms with Gasteiger partial charge in [-0.15, -0.1) is 0 Å². The van der Waals surface area contributed by atoms with E-state index < -0.39 is 0 Å². The average molecular weight is 182 g/mol. The van der Waals surface area contributed by atoms with E-state index >= 15 is 0 Å². The summed E-state index contributed by atoms with van der Waals surface area (Å²) in [6.45, 7) is 0. The molecule has 0 bridgehead atoms. The van der Waals surface area contributed by atoms with Gasteiger partial charge in [0.2, 0.25) is 0 Å². The Kier molecular flexibility index (Phi) is 2.41. The van der Waals surface area contributed by atoms with Gasteiger partial charge in [-0.3, -0.25) is 4.79 Å². The molecule has 0 aromatic carbocycles. The van der Waals surface area contributed by atoms with Gasteiger partial charge in [-0.25, -0.2) is 0 Å². The molecule has 0 radical (unpaired) electrons. The first kappa shape index (κ1) is 9.20. The van der Waals surface area contributed by atoms with Crippen molar-refractivity contribution in [1.29, 1.82) is 0 Å². The first-order valence-corrected chi connectivity index (χ1v) is 5.36. The lowest BCUT2D eigenvalue weighted by Gasteiger charge is -2.38. The van der Waals surface area contributed by atoms with Gasteiger partial charge >= 0.3 is 0 Å². The summed E-state index contributed by atoms with van der Waals surface area (Å²) in [5.41, 5.74) is -0.0625. The van der Waals surface area contributed by atoms with E-state index in [1.807, 2.05) is 0 Å². The minimum Gasteiger partial charge on any atom is -0.380 e. The molecule has 2 aliphatic carbocycles. The fraction of sp³-hybridized carbons (Fsp3) is 0.909. The van der Waals surface area contributed by atoms with E-state index in [0.717, 1.165) is 32.1 Å². The summed E-state index contributed by atoms with van der Waals surface area (Å²) in [5, 5.41) is 0. The van der Waals surface area contributed by atoms with Crippen LogP contribution in [0.25, 0.3) is 0 Å². The van der Waals surface area contributed by atoms with Crippen LogP contribution in [0.15, 0.2) is 0 Å². The molecule has 2 aliphatic rings. The molecular weight excluding hydrogens is 164 g/mol. The molecule has 0 aromatic heterocycles. The zero-order valence-electron chi connectivity index (χ0n) is 8.34. The van der Waals surface area contributed by atoms with Crippen LogP contribution in [-0.2, 0) is 9.53 Å². The van der Waals surface area contributed by atoms with Gasteiger partial charge in [-0.2, -0.15) is 0 Å². The molecule has 0 unspecified atom stereocenters. The summed E-state index contributed by atoms with van der Waals surface area (Å²) in [5.74, 6) is 0.471. The standard InChI is InChI=1S/C11H18O2/c1-13-10-6-2-3-7-11(10)8-4-5-9(11)12/h10H,2-8H2,1H3/t10-,11-/m0/s1. The van der Waals surface area contributed by atoms with Crippen LogP contribution in [0, 0.1) is 5.41 Å². The highest BCUT2D eigenvalue weighted by atomic mass is 16.5. The molecule has 74 valence electrons. The lowest BCUT2D eigenvalue weighted by molar-refractivity contribution is -0.137. The third-order valence-electron chi connectivity index (χ3n) is 3.82. The second-order valence-corrected chi connectivity index (χ2v) is 4.40. The number of hydrogen-bond acceptors (Lipinski definition) is 2. The van der Waals surface area contributed by atoms with Crippen LogP contribution in [0.1, 0.15) is 44.9 Å². The Morgan fingerprint density at radius 1 is 1.31 bits per heavy atom. The number of methoxy groups -OCH3 is 1. The Labute approximate surface area is 79.7 Å². The maximum Gasteiger partial charge on any atom is 0.141 e. The van der Waals surface area contributed by atoms with Crippen LogP contribution in [0.4, 0.5) is 0 Å². The van der Waals surface area contributed by atoms with Crippen molar-refractivity contribution in [1.82, 2.24) is 0 Å². The Balaban J connectivity index is 2.20. The topological polar surface area (TPSA) is 26.3 Å². The number of carbonyl (C=O) groups is 1. The summed E-state index contributed by atoms with van der Waals surface area (Å²) < 4.78 is 5.48. The molecule has 1 spiro atoms. The molecular formula is C11H18O2. The van der Waals surface area contributed by atoms with E-state index in [1.54, 1.807) is 7.11 Å². The molecule has 0 heterocycles. The van der Waals surface area contributed by atoms with E-state index in [-0.39, 0.29) is 11.5 Å². The third-order valence-corrected chi connectivity index (χ3v) is 3.82. The van der Waals surface area contributed by atoms with Crippen molar-refractivity contribution in [3.63, 3.8) is 0 Å². The van der Waals surface area contributed by atoms with Gasteiger partial charge in [0.25, 0.3) is 0 Å². The minimum absolute atomic E-state index is 0.0625. The lowest BCUT2D eigenvalue weighted by Crippen LogP contribution is -2.42. The number of rotatable bonds is 1. The normalized spacial score (nSPS) is 40.1. The number of carbonyl (C=O) groups excluding carboxylic acids is 1. The highest BCUT2D eigenvalue weighted by Crippen LogP contribution is 2.47. The molecule has 2 fully saturated rings. The van der Waals surface area contributed by atoms with Gasteiger partial charge in [0.15, 0.2) is 0 Å². The van der Waals surface area contributed by atoms with Gasteiger partial charge < -0.3 is 4.74 Å². The number of ether oxygens (including phenoxy) is 1. The van der Waals surface area contributed by atoms with E-state index in [4.69, 9.17) is 4.74 Å². The quantitative estimate of drug-likeness (QED) is 0.622. The monoisotopic (exact) mass is 182 g/mol. The molecule has 0 aromatic rings. The summed E-state index contributed by atoms with van der Waals surface area (Å²) in [6.07, 6.45) is 7.77. The summed E-state index contributed by atoms with van der Waals surface area (Å²) >= 11 is 0. The van der Waals surface area contributed by atoms with Gasteiger partial charge in [0, 0.05) is 13.5 Å². The van der Waals surface area contributed by atoms with Gasteiger partial charge in [-0.05, 0) is 25.7 Å². The smallest absolute Gasteiger partial charge is 0.141 e. The predicted octanol–water partition coefficient (Wildman–Crippen LogP) is 2.31.